The molecule has 44 heavy (non-hydrogen) atoms. The standard InChI is InChI=1S/C32H29F2N7O2S/c1-44(42,43)9-5-19-10-22(13-24(33)12-19)25-4-6-36-31-29(25)37-32(38-31)30-26-14-21(15-27(34)28(26)39-40-30)23-11-20(16-35-17-23)18-41-7-2-3-8-41/h4,6,10-17H,2-3,5,7-9,18H2,1H3,(H,39,40)(H,36,37,38). The second kappa shape index (κ2) is 11.2. The monoisotopic (exact) mass is 613 g/mol. The molecule has 0 radical (unpaired) electrons. The van der Waals surface area contributed by atoms with E-state index in [9.17, 15) is 12.8 Å². The zero-order valence-electron chi connectivity index (χ0n) is 23.9. The van der Waals surface area contributed by atoms with Crippen LogP contribution in [-0.4, -0.2) is 68.5 Å². The SMILES string of the molecule is CS(=O)(=O)CCc1cc(F)cc(-c2ccnc3nc(-c4[nH]nc5c(F)cc(-c6cncc(CN7CCCC7)c6)cc45)[nH]c23)c1. The third-order valence-electron chi connectivity index (χ3n) is 8.00. The number of imidazole rings is 1. The number of halogens is 2. The van der Waals surface area contributed by atoms with Crippen molar-refractivity contribution in [1.29, 1.82) is 0 Å². The van der Waals surface area contributed by atoms with E-state index in [1.807, 2.05) is 18.3 Å². The van der Waals surface area contributed by atoms with Crippen LogP contribution in [0.1, 0.15) is 24.0 Å². The minimum absolute atomic E-state index is 0.0832. The van der Waals surface area contributed by atoms with Gasteiger partial charge < -0.3 is 4.98 Å². The summed E-state index contributed by atoms with van der Waals surface area (Å²) in [6.45, 7) is 2.95. The van der Waals surface area contributed by atoms with Crippen LogP contribution >= 0.6 is 0 Å². The molecule has 0 bridgehead atoms. The van der Waals surface area contributed by atoms with Crippen LogP contribution in [0.5, 0.6) is 0 Å². The lowest BCUT2D eigenvalue weighted by atomic mass is 10.0. The first-order chi connectivity index (χ1) is 21.2. The van der Waals surface area contributed by atoms with Crippen LogP contribution in [0.25, 0.3) is 55.8 Å². The van der Waals surface area contributed by atoms with Gasteiger partial charge in [0.2, 0.25) is 0 Å². The molecule has 0 aliphatic carbocycles. The van der Waals surface area contributed by atoms with E-state index in [-0.39, 0.29) is 17.7 Å². The molecular weight excluding hydrogens is 584 g/mol. The van der Waals surface area contributed by atoms with Gasteiger partial charge in [-0.15, -0.1) is 0 Å². The molecule has 2 aromatic carbocycles. The highest BCUT2D eigenvalue weighted by Crippen LogP contribution is 2.34. The Balaban J connectivity index is 1.27. The summed E-state index contributed by atoms with van der Waals surface area (Å²) in [4.78, 5) is 19.1. The molecule has 0 saturated carbocycles. The number of rotatable bonds is 8. The molecule has 4 aromatic heterocycles. The van der Waals surface area contributed by atoms with Gasteiger partial charge in [-0.05, 0) is 91.0 Å². The second-order valence-electron chi connectivity index (χ2n) is 11.4. The van der Waals surface area contributed by atoms with Gasteiger partial charge >= 0.3 is 0 Å². The number of likely N-dealkylation sites (tertiary alicyclic amines) is 1. The lowest BCUT2D eigenvalue weighted by Crippen LogP contribution is -2.18. The van der Waals surface area contributed by atoms with E-state index >= 15 is 4.39 Å². The summed E-state index contributed by atoms with van der Waals surface area (Å²) in [6, 6.07) is 11.6. The molecule has 9 nitrogen and oxygen atoms in total. The number of benzene rings is 2. The van der Waals surface area contributed by atoms with Crippen LogP contribution in [0, 0.1) is 11.6 Å². The largest absolute Gasteiger partial charge is 0.335 e. The van der Waals surface area contributed by atoms with Crippen molar-refractivity contribution in [2.75, 3.05) is 25.1 Å². The van der Waals surface area contributed by atoms with Gasteiger partial charge in [0.15, 0.2) is 17.3 Å². The maximum Gasteiger partial charge on any atom is 0.178 e. The maximum atomic E-state index is 15.4. The van der Waals surface area contributed by atoms with E-state index in [1.54, 1.807) is 24.5 Å². The van der Waals surface area contributed by atoms with Crippen LogP contribution in [0.4, 0.5) is 8.78 Å². The summed E-state index contributed by atoms with van der Waals surface area (Å²) in [6.07, 6.45) is 8.91. The van der Waals surface area contributed by atoms with Crippen molar-refractivity contribution in [3.63, 3.8) is 0 Å². The predicted octanol–water partition coefficient (Wildman–Crippen LogP) is 5.69. The van der Waals surface area contributed by atoms with Crippen molar-refractivity contribution < 1.29 is 17.2 Å². The van der Waals surface area contributed by atoms with Gasteiger partial charge in [-0.3, -0.25) is 15.0 Å². The molecule has 224 valence electrons. The minimum Gasteiger partial charge on any atom is -0.335 e. The highest BCUT2D eigenvalue weighted by Gasteiger charge is 2.19. The molecule has 1 aliphatic heterocycles. The topological polar surface area (TPSA) is 121 Å². The van der Waals surface area contributed by atoms with Crippen molar-refractivity contribution in [1.82, 2.24) is 35.0 Å². The Labute approximate surface area is 252 Å². The molecule has 2 N–H and O–H groups in total. The van der Waals surface area contributed by atoms with Gasteiger partial charge in [0, 0.05) is 47.9 Å². The van der Waals surface area contributed by atoms with Gasteiger partial charge in [0.25, 0.3) is 0 Å². The van der Waals surface area contributed by atoms with Crippen molar-refractivity contribution in [3.8, 4) is 33.8 Å². The average Bonchev–Trinajstić information content (AvgIpc) is 3.75. The fourth-order valence-corrected chi connectivity index (χ4v) is 6.48. The van der Waals surface area contributed by atoms with Gasteiger partial charge in [-0.1, -0.05) is 6.07 Å². The van der Waals surface area contributed by atoms with E-state index in [1.165, 1.54) is 31.0 Å². The second-order valence-corrected chi connectivity index (χ2v) is 13.6. The number of aromatic amines is 2. The summed E-state index contributed by atoms with van der Waals surface area (Å²) >= 11 is 0. The van der Waals surface area contributed by atoms with Crippen LogP contribution in [0.2, 0.25) is 0 Å². The minimum atomic E-state index is -3.21. The Bertz CT molecular complexity index is 2140. The molecule has 0 amide bonds. The van der Waals surface area contributed by atoms with Gasteiger partial charge in [-0.2, -0.15) is 5.10 Å². The molecule has 0 spiro atoms. The lowest BCUT2D eigenvalue weighted by molar-refractivity contribution is 0.331. The van der Waals surface area contributed by atoms with Crippen molar-refractivity contribution in [3.05, 3.63) is 83.8 Å². The number of aryl methyl sites for hydroxylation is 1. The first kappa shape index (κ1) is 28.2. The van der Waals surface area contributed by atoms with E-state index < -0.39 is 21.5 Å². The number of pyridine rings is 2. The Hall–Kier alpha value is -4.55. The van der Waals surface area contributed by atoms with Gasteiger partial charge in [0.05, 0.1) is 11.3 Å². The number of nitrogens with one attached hydrogen (secondary N) is 2. The zero-order chi connectivity index (χ0) is 30.4. The molecule has 5 heterocycles. The highest BCUT2D eigenvalue weighted by molar-refractivity contribution is 7.90. The van der Waals surface area contributed by atoms with E-state index in [0.717, 1.165) is 37.0 Å². The number of H-pyrrole nitrogens is 2. The molecular formula is C32H29F2N7O2S. The van der Waals surface area contributed by atoms with E-state index in [4.69, 9.17) is 0 Å². The summed E-state index contributed by atoms with van der Waals surface area (Å²) in [5, 5.41) is 7.70. The van der Waals surface area contributed by atoms with Crippen LogP contribution < -0.4 is 0 Å². The Morgan fingerprint density at radius 2 is 1.77 bits per heavy atom. The summed E-state index contributed by atoms with van der Waals surface area (Å²) in [7, 11) is -3.21. The maximum absolute atomic E-state index is 15.4. The van der Waals surface area contributed by atoms with E-state index in [0.29, 0.717) is 50.3 Å². The van der Waals surface area contributed by atoms with Crippen LogP contribution in [0.15, 0.2) is 61.1 Å². The summed E-state index contributed by atoms with van der Waals surface area (Å²) in [5.41, 5.74) is 5.93. The van der Waals surface area contributed by atoms with E-state index in [2.05, 4.69) is 35.0 Å². The highest BCUT2D eigenvalue weighted by atomic mass is 32.2. The summed E-state index contributed by atoms with van der Waals surface area (Å²) in [5.74, 6) is -0.632. The molecule has 12 heteroatoms. The normalized spacial score (nSPS) is 14.2. The van der Waals surface area contributed by atoms with Crippen LogP contribution in [-0.2, 0) is 22.8 Å². The Kier molecular flexibility index (Phi) is 7.17. The number of fused-ring (bicyclic) bond motifs is 2. The number of nitrogens with zero attached hydrogens (tertiary/aromatic N) is 5. The molecule has 7 rings (SSSR count). The fraction of sp³-hybridized carbons (Fsp3) is 0.250. The van der Waals surface area contributed by atoms with Gasteiger partial charge in [0.1, 0.15) is 26.9 Å². The van der Waals surface area contributed by atoms with Crippen LogP contribution in [0.3, 0.4) is 0 Å². The average molecular weight is 614 g/mol. The summed E-state index contributed by atoms with van der Waals surface area (Å²) < 4.78 is 53.3. The third kappa shape index (κ3) is 5.70. The van der Waals surface area contributed by atoms with Crippen molar-refractivity contribution >= 4 is 31.9 Å². The van der Waals surface area contributed by atoms with Crippen molar-refractivity contribution in [2.45, 2.75) is 25.8 Å². The first-order valence-corrected chi connectivity index (χ1v) is 16.4. The quantitative estimate of drug-likeness (QED) is 0.226. The van der Waals surface area contributed by atoms with Gasteiger partial charge in [-0.25, -0.2) is 27.2 Å². The molecule has 1 aliphatic rings. The molecule has 1 fully saturated rings. The number of hydrogen-bond acceptors (Lipinski definition) is 7. The lowest BCUT2D eigenvalue weighted by Gasteiger charge is -2.14. The Morgan fingerprint density at radius 3 is 2.59 bits per heavy atom. The third-order valence-corrected chi connectivity index (χ3v) is 8.95. The first-order valence-electron chi connectivity index (χ1n) is 14.4. The number of aromatic nitrogens is 6. The molecule has 6 aromatic rings. The zero-order valence-corrected chi connectivity index (χ0v) is 24.8. The number of sulfone groups is 1. The molecule has 1 saturated heterocycles. The molecule has 0 atom stereocenters. The Morgan fingerprint density at radius 1 is 0.955 bits per heavy atom. The number of hydrogen-bond donors (Lipinski definition) is 2. The van der Waals surface area contributed by atoms with Crippen molar-refractivity contribution in [2.24, 2.45) is 0 Å². The molecule has 0 unspecified atom stereocenters. The fourth-order valence-electron chi connectivity index (χ4n) is 5.88. The smallest absolute Gasteiger partial charge is 0.178 e. The predicted molar refractivity (Wildman–Crippen MR) is 165 cm³/mol.